The average Bonchev–Trinajstić information content (AvgIpc) is 2.70. The zero-order valence-corrected chi connectivity index (χ0v) is 17.7. The van der Waals surface area contributed by atoms with Crippen molar-refractivity contribution in [3.8, 4) is 5.75 Å². The van der Waals surface area contributed by atoms with Gasteiger partial charge in [-0.25, -0.2) is 0 Å². The van der Waals surface area contributed by atoms with E-state index in [9.17, 15) is 4.79 Å². The van der Waals surface area contributed by atoms with E-state index in [1.807, 2.05) is 25.1 Å². The fourth-order valence-electron chi connectivity index (χ4n) is 3.44. The largest absolute Gasteiger partial charge is 0.497 e. The molecule has 2 aromatic rings. The summed E-state index contributed by atoms with van der Waals surface area (Å²) in [5.74, 6) is 0.909. The Balaban J connectivity index is 1.47. The summed E-state index contributed by atoms with van der Waals surface area (Å²) in [6.07, 6.45) is 0. The lowest BCUT2D eigenvalue weighted by Gasteiger charge is -2.33. The van der Waals surface area contributed by atoms with Gasteiger partial charge in [-0.15, -0.1) is 0 Å². The first-order valence-electron chi connectivity index (χ1n) is 9.43. The van der Waals surface area contributed by atoms with Crippen molar-refractivity contribution in [3.63, 3.8) is 0 Å². The maximum atomic E-state index is 12.5. The molecule has 3 rings (SSSR count). The van der Waals surface area contributed by atoms with Crippen molar-refractivity contribution in [3.05, 3.63) is 58.1 Å². The zero-order chi connectivity index (χ0) is 20.1. The van der Waals surface area contributed by atoms with E-state index in [2.05, 4.69) is 22.3 Å². The smallest absolute Gasteiger partial charge is 0.275 e. The molecule has 2 aromatic carbocycles. The fraction of sp³-hybridized carbons (Fsp3) is 0.381. The summed E-state index contributed by atoms with van der Waals surface area (Å²) in [7, 11) is 1.67. The van der Waals surface area contributed by atoms with Gasteiger partial charge in [-0.2, -0.15) is 0 Å². The Kier molecular flexibility index (Phi) is 7.05. The van der Waals surface area contributed by atoms with Crippen LogP contribution in [0.3, 0.4) is 0 Å². The molecule has 0 aromatic heterocycles. The number of nitrogens with zero attached hydrogens (tertiary/aromatic N) is 1. The molecule has 1 aliphatic rings. The Hall–Kier alpha value is -1.95. The predicted octanol–water partition coefficient (Wildman–Crippen LogP) is 2.58. The van der Waals surface area contributed by atoms with Gasteiger partial charge in [0, 0.05) is 5.69 Å². The number of nitrogens with one attached hydrogen (secondary N) is 2. The maximum Gasteiger partial charge on any atom is 0.275 e. The highest BCUT2D eigenvalue weighted by Gasteiger charge is 2.23. The van der Waals surface area contributed by atoms with E-state index in [1.54, 1.807) is 19.2 Å². The number of quaternary nitrogens is 1. The lowest BCUT2D eigenvalue weighted by molar-refractivity contribution is -0.892. The van der Waals surface area contributed by atoms with Gasteiger partial charge >= 0.3 is 0 Å². The lowest BCUT2D eigenvalue weighted by Crippen LogP contribution is -3.15. The van der Waals surface area contributed by atoms with Gasteiger partial charge in [0.25, 0.3) is 5.91 Å². The zero-order valence-electron chi connectivity index (χ0n) is 16.2. The Morgan fingerprint density at radius 3 is 2.43 bits per heavy atom. The monoisotopic (exact) mass is 422 g/mol. The van der Waals surface area contributed by atoms with Crippen LogP contribution in [0, 0.1) is 0 Å². The van der Waals surface area contributed by atoms with Gasteiger partial charge in [0.2, 0.25) is 0 Å². The second-order valence-electron chi connectivity index (χ2n) is 7.07. The van der Waals surface area contributed by atoms with E-state index in [1.165, 1.54) is 10.6 Å². The molecule has 0 aliphatic carbocycles. The van der Waals surface area contributed by atoms with Crippen molar-refractivity contribution in [1.82, 2.24) is 5.32 Å². The molecule has 0 bridgehead atoms. The normalized spacial score (nSPS) is 15.9. The first-order valence-corrected chi connectivity index (χ1v) is 10.2. The van der Waals surface area contributed by atoms with E-state index < -0.39 is 0 Å². The summed E-state index contributed by atoms with van der Waals surface area (Å²) < 4.78 is 5.21. The summed E-state index contributed by atoms with van der Waals surface area (Å²) in [6.45, 7) is 6.15. The van der Waals surface area contributed by atoms with Crippen LogP contribution in [0.1, 0.15) is 18.5 Å². The molecule has 1 heterocycles. The van der Waals surface area contributed by atoms with Crippen LogP contribution in [0.15, 0.2) is 42.5 Å². The van der Waals surface area contributed by atoms with Crippen molar-refractivity contribution in [2.24, 2.45) is 0 Å². The number of rotatable bonds is 6. The number of benzene rings is 2. The van der Waals surface area contributed by atoms with Crippen molar-refractivity contribution in [2.75, 3.05) is 44.7 Å². The maximum absolute atomic E-state index is 12.5. The molecular formula is C21H26Cl2N3O2+. The van der Waals surface area contributed by atoms with Crippen LogP contribution in [0.5, 0.6) is 5.75 Å². The molecule has 0 spiro atoms. The summed E-state index contributed by atoms with van der Waals surface area (Å²) in [5, 5.41) is 4.07. The molecule has 1 atom stereocenters. The molecule has 0 saturated carbocycles. The van der Waals surface area contributed by atoms with E-state index in [4.69, 9.17) is 27.9 Å². The van der Waals surface area contributed by atoms with Crippen LogP contribution in [0.4, 0.5) is 5.69 Å². The third-order valence-corrected chi connectivity index (χ3v) is 5.88. The minimum Gasteiger partial charge on any atom is -0.497 e. The number of ether oxygens (including phenoxy) is 1. The molecule has 1 fully saturated rings. The van der Waals surface area contributed by atoms with Crippen molar-refractivity contribution in [1.29, 1.82) is 0 Å². The van der Waals surface area contributed by atoms with Crippen molar-refractivity contribution < 1.29 is 14.4 Å². The molecule has 1 aliphatic heterocycles. The van der Waals surface area contributed by atoms with Gasteiger partial charge in [0.15, 0.2) is 6.54 Å². The van der Waals surface area contributed by atoms with E-state index in [0.29, 0.717) is 16.6 Å². The number of anilines is 1. The van der Waals surface area contributed by atoms with E-state index >= 15 is 0 Å². The second kappa shape index (κ2) is 9.50. The number of piperazine rings is 1. The number of hydrogen-bond acceptors (Lipinski definition) is 3. The minimum atomic E-state index is -0.109. The van der Waals surface area contributed by atoms with Gasteiger partial charge in [-0.3, -0.25) is 4.79 Å². The third-order valence-electron chi connectivity index (χ3n) is 5.14. The second-order valence-corrected chi connectivity index (χ2v) is 7.89. The molecule has 150 valence electrons. The van der Waals surface area contributed by atoms with Gasteiger partial charge in [0.1, 0.15) is 5.75 Å². The van der Waals surface area contributed by atoms with Gasteiger partial charge in [-0.05, 0) is 48.9 Å². The molecular weight excluding hydrogens is 397 g/mol. The number of halogens is 2. The molecule has 0 radical (unpaired) electrons. The van der Waals surface area contributed by atoms with Crippen LogP contribution in [-0.4, -0.2) is 45.7 Å². The summed E-state index contributed by atoms with van der Waals surface area (Å²) in [4.78, 5) is 16.1. The van der Waals surface area contributed by atoms with Crippen LogP contribution in [0.25, 0.3) is 0 Å². The molecule has 7 heteroatoms. The average molecular weight is 423 g/mol. The minimum absolute atomic E-state index is 0.0477. The highest BCUT2D eigenvalue weighted by atomic mass is 35.5. The Bertz CT molecular complexity index is 806. The SMILES string of the molecule is COc1ccc(N2CC[NH+](CC(=O)N[C@@H](C)c3ccc(Cl)c(Cl)c3)CC2)cc1. The lowest BCUT2D eigenvalue weighted by atomic mass is 10.1. The van der Waals surface area contributed by atoms with Gasteiger partial charge in [-0.1, -0.05) is 29.3 Å². The predicted molar refractivity (Wildman–Crippen MR) is 114 cm³/mol. The molecule has 28 heavy (non-hydrogen) atoms. The van der Waals surface area contributed by atoms with E-state index in [-0.39, 0.29) is 11.9 Å². The highest BCUT2D eigenvalue weighted by molar-refractivity contribution is 6.42. The number of amides is 1. The Morgan fingerprint density at radius 1 is 1.14 bits per heavy atom. The Morgan fingerprint density at radius 2 is 1.82 bits per heavy atom. The summed E-state index contributed by atoms with van der Waals surface area (Å²) in [5.41, 5.74) is 2.14. The molecule has 1 saturated heterocycles. The van der Waals surface area contributed by atoms with Crippen LogP contribution in [-0.2, 0) is 4.79 Å². The molecule has 0 unspecified atom stereocenters. The Labute approximate surface area is 176 Å². The van der Waals surface area contributed by atoms with Gasteiger partial charge in [0.05, 0.1) is 49.4 Å². The third kappa shape index (κ3) is 5.31. The number of carbonyl (C=O) groups is 1. The van der Waals surface area contributed by atoms with Crippen LogP contribution < -0.4 is 19.9 Å². The first-order chi connectivity index (χ1) is 13.5. The standard InChI is InChI=1S/C21H25Cl2N3O2/c1-15(16-3-8-19(22)20(23)13-16)24-21(27)14-25-9-11-26(12-10-25)17-4-6-18(28-2)7-5-17/h3-8,13,15H,9-12,14H2,1-2H3,(H,24,27)/p+1/t15-/m0/s1. The molecule has 5 nitrogen and oxygen atoms in total. The quantitative estimate of drug-likeness (QED) is 0.751. The van der Waals surface area contributed by atoms with Gasteiger partial charge < -0.3 is 19.9 Å². The van der Waals surface area contributed by atoms with Crippen LogP contribution in [0.2, 0.25) is 10.0 Å². The highest BCUT2D eigenvalue weighted by Crippen LogP contribution is 2.25. The number of methoxy groups -OCH3 is 1. The summed E-state index contributed by atoms with van der Waals surface area (Å²) >= 11 is 12.0. The number of carbonyl (C=O) groups excluding carboxylic acids is 1. The number of hydrogen-bond donors (Lipinski definition) is 2. The van der Waals surface area contributed by atoms with Crippen molar-refractivity contribution in [2.45, 2.75) is 13.0 Å². The molecule has 2 N–H and O–H groups in total. The first kappa shape index (κ1) is 20.8. The van der Waals surface area contributed by atoms with Crippen molar-refractivity contribution >= 4 is 34.8 Å². The van der Waals surface area contributed by atoms with Crippen LogP contribution >= 0.6 is 23.2 Å². The summed E-state index contributed by atoms with van der Waals surface area (Å²) in [6, 6.07) is 13.5. The van der Waals surface area contributed by atoms with E-state index in [0.717, 1.165) is 37.5 Å². The fourth-order valence-corrected chi connectivity index (χ4v) is 3.74. The topological polar surface area (TPSA) is 46.0 Å². The molecule has 1 amide bonds.